The van der Waals surface area contributed by atoms with Crippen LogP contribution in [0.1, 0.15) is 12.5 Å². The standard InChI is InChI=1S/C13H15Br2N/c1-3-12(14)11(8-9-16-2)10-6-4-5-7-13(10)15/h3-8,16H,9H2,1-2H3/b11-8-,12-3+. The van der Waals surface area contributed by atoms with Gasteiger partial charge in [-0.25, -0.2) is 0 Å². The van der Waals surface area contributed by atoms with Crippen molar-refractivity contribution < 1.29 is 0 Å². The number of likely N-dealkylation sites (N-methyl/N-ethyl adjacent to an activating group) is 1. The molecule has 0 aromatic heterocycles. The van der Waals surface area contributed by atoms with Gasteiger partial charge in [-0.05, 0) is 31.2 Å². The topological polar surface area (TPSA) is 12.0 Å². The van der Waals surface area contributed by atoms with Crippen molar-refractivity contribution in [2.75, 3.05) is 13.6 Å². The Morgan fingerprint density at radius 2 is 2.06 bits per heavy atom. The largest absolute Gasteiger partial charge is 0.316 e. The Bertz CT molecular complexity index is 408. The lowest BCUT2D eigenvalue weighted by atomic mass is 10.1. The van der Waals surface area contributed by atoms with Gasteiger partial charge in [0.1, 0.15) is 0 Å². The molecule has 0 aliphatic carbocycles. The van der Waals surface area contributed by atoms with Gasteiger partial charge in [-0.3, -0.25) is 0 Å². The molecule has 1 rings (SSSR count). The molecule has 0 atom stereocenters. The third kappa shape index (κ3) is 3.58. The quantitative estimate of drug-likeness (QED) is 0.800. The predicted octanol–water partition coefficient (Wildman–Crippen LogP) is 4.35. The van der Waals surface area contributed by atoms with E-state index in [9.17, 15) is 0 Å². The number of allylic oxidation sites excluding steroid dienone is 3. The lowest BCUT2D eigenvalue weighted by molar-refractivity contribution is 0.921. The average molecular weight is 345 g/mol. The molecule has 0 fully saturated rings. The molecule has 0 bridgehead atoms. The third-order valence-corrected chi connectivity index (χ3v) is 3.76. The molecule has 0 saturated carbocycles. The van der Waals surface area contributed by atoms with Gasteiger partial charge in [-0.15, -0.1) is 0 Å². The molecule has 0 amide bonds. The van der Waals surface area contributed by atoms with Crippen LogP contribution in [0.4, 0.5) is 0 Å². The first-order valence-electron chi connectivity index (χ1n) is 5.12. The van der Waals surface area contributed by atoms with E-state index in [1.54, 1.807) is 0 Å². The van der Waals surface area contributed by atoms with Crippen LogP contribution in [-0.4, -0.2) is 13.6 Å². The van der Waals surface area contributed by atoms with Crippen LogP contribution in [0.3, 0.4) is 0 Å². The fourth-order valence-corrected chi connectivity index (χ4v) is 2.25. The van der Waals surface area contributed by atoms with Crippen molar-refractivity contribution in [2.45, 2.75) is 6.92 Å². The second-order valence-electron chi connectivity index (χ2n) is 3.29. The third-order valence-electron chi connectivity index (χ3n) is 2.19. The molecule has 0 unspecified atom stereocenters. The van der Waals surface area contributed by atoms with Gasteiger partial charge in [0.15, 0.2) is 0 Å². The van der Waals surface area contributed by atoms with E-state index in [-0.39, 0.29) is 0 Å². The van der Waals surface area contributed by atoms with Gasteiger partial charge < -0.3 is 5.32 Å². The first-order chi connectivity index (χ1) is 7.70. The van der Waals surface area contributed by atoms with E-state index in [4.69, 9.17) is 0 Å². The molecule has 86 valence electrons. The van der Waals surface area contributed by atoms with Crippen LogP contribution in [0, 0.1) is 0 Å². The molecule has 0 heterocycles. The van der Waals surface area contributed by atoms with Gasteiger partial charge in [0.25, 0.3) is 0 Å². The number of hydrogen-bond acceptors (Lipinski definition) is 1. The molecule has 16 heavy (non-hydrogen) atoms. The van der Waals surface area contributed by atoms with Crippen molar-refractivity contribution in [3.8, 4) is 0 Å². The Kier molecular flexibility index (Phi) is 6.03. The van der Waals surface area contributed by atoms with Crippen molar-refractivity contribution in [1.82, 2.24) is 5.32 Å². The highest BCUT2D eigenvalue weighted by Gasteiger charge is 2.07. The van der Waals surface area contributed by atoms with E-state index in [0.29, 0.717) is 0 Å². The summed E-state index contributed by atoms with van der Waals surface area (Å²) in [4.78, 5) is 0. The molecule has 0 aliphatic heterocycles. The lowest BCUT2D eigenvalue weighted by Crippen LogP contribution is -2.05. The predicted molar refractivity (Wildman–Crippen MR) is 78.7 cm³/mol. The molecular formula is C13H15Br2N. The summed E-state index contributed by atoms with van der Waals surface area (Å²) in [6, 6.07) is 8.23. The highest BCUT2D eigenvalue weighted by Crippen LogP contribution is 2.32. The van der Waals surface area contributed by atoms with E-state index in [0.717, 1.165) is 15.5 Å². The van der Waals surface area contributed by atoms with Gasteiger partial charge in [-0.2, -0.15) is 0 Å². The maximum atomic E-state index is 3.59. The van der Waals surface area contributed by atoms with Crippen LogP contribution in [0.15, 0.2) is 45.4 Å². The minimum Gasteiger partial charge on any atom is -0.316 e. The molecule has 1 aromatic carbocycles. The Morgan fingerprint density at radius 1 is 1.38 bits per heavy atom. The molecule has 0 aliphatic rings. The number of nitrogens with one attached hydrogen (secondary N) is 1. The molecular weight excluding hydrogens is 330 g/mol. The van der Waals surface area contributed by atoms with Gasteiger partial charge in [0, 0.05) is 15.5 Å². The van der Waals surface area contributed by atoms with E-state index in [2.05, 4.69) is 61.5 Å². The monoisotopic (exact) mass is 343 g/mol. The minimum absolute atomic E-state index is 0.847. The normalized spacial score (nSPS) is 13.0. The molecule has 1 nitrogen and oxygen atoms in total. The Morgan fingerprint density at radius 3 is 2.62 bits per heavy atom. The summed E-state index contributed by atoms with van der Waals surface area (Å²) in [6.45, 7) is 2.87. The summed E-state index contributed by atoms with van der Waals surface area (Å²) in [5, 5.41) is 3.13. The SMILES string of the molecule is C/C=C(Br)\C(=C/CNC)c1ccccc1Br. The highest BCUT2D eigenvalue weighted by molar-refractivity contribution is 9.12. The maximum absolute atomic E-state index is 3.59. The van der Waals surface area contributed by atoms with Gasteiger partial charge in [0.05, 0.1) is 0 Å². The van der Waals surface area contributed by atoms with Crippen molar-refractivity contribution in [3.05, 3.63) is 50.9 Å². The van der Waals surface area contributed by atoms with Crippen molar-refractivity contribution >= 4 is 37.4 Å². The Hall–Kier alpha value is -0.380. The van der Waals surface area contributed by atoms with Crippen LogP contribution in [0.2, 0.25) is 0 Å². The number of benzene rings is 1. The molecule has 0 saturated heterocycles. The van der Waals surface area contributed by atoms with Gasteiger partial charge >= 0.3 is 0 Å². The Labute approximate surface area is 114 Å². The second kappa shape index (κ2) is 7.05. The summed E-state index contributed by atoms with van der Waals surface area (Å²) in [7, 11) is 1.94. The summed E-state index contributed by atoms with van der Waals surface area (Å²) >= 11 is 7.17. The second-order valence-corrected chi connectivity index (χ2v) is 5.00. The zero-order valence-electron chi connectivity index (χ0n) is 9.43. The van der Waals surface area contributed by atoms with Crippen LogP contribution in [0.5, 0.6) is 0 Å². The van der Waals surface area contributed by atoms with Gasteiger partial charge in [0.2, 0.25) is 0 Å². The van der Waals surface area contributed by atoms with E-state index in [1.807, 2.05) is 26.1 Å². The van der Waals surface area contributed by atoms with Gasteiger partial charge in [-0.1, -0.05) is 62.2 Å². The number of halogens is 2. The average Bonchev–Trinajstić information content (AvgIpc) is 2.31. The highest BCUT2D eigenvalue weighted by atomic mass is 79.9. The summed E-state index contributed by atoms with van der Waals surface area (Å²) < 4.78 is 2.21. The first-order valence-corrected chi connectivity index (χ1v) is 6.71. The number of hydrogen-bond donors (Lipinski definition) is 1. The zero-order chi connectivity index (χ0) is 12.0. The molecule has 1 aromatic rings. The minimum atomic E-state index is 0.847. The van der Waals surface area contributed by atoms with Crippen LogP contribution in [0.25, 0.3) is 5.57 Å². The summed E-state index contributed by atoms with van der Waals surface area (Å²) in [5.74, 6) is 0. The summed E-state index contributed by atoms with van der Waals surface area (Å²) in [5.41, 5.74) is 2.40. The molecule has 1 N–H and O–H groups in total. The fourth-order valence-electron chi connectivity index (χ4n) is 1.38. The first kappa shape index (κ1) is 13.7. The van der Waals surface area contributed by atoms with Crippen molar-refractivity contribution in [1.29, 1.82) is 0 Å². The summed E-state index contributed by atoms with van der Waals surface area (Å²) in [6.07, 6.45) is 4.23. The van der Waals surface area contributed by atoms with Crippen LogP contribution < -0.4 is 5.32 Å². The van der Waals surface area contributed by atoms with E-state index < -0.39 is 0 Å². The zero-order valence-corrected chi connectivity index (χ0v) is 12.6. The van der Waals surface area contributed by atoms with E-state index in [1.165, 1.54) is 11.1 Å². The van der Waals surface area contributed by atoms with Crippen LogP contribution >= 0.6 is 31.9 Å². The number of rotatable bonds is 4. The lowest BCUT2D eigenvalue weighted by Gasteiger charge is -2.09. The molecule has 0 spiro atoms. The fraction of sp³-hybridized carbons (Fsp3) is 0.231. The molecule has 3 heteroatoms. The van der Waals surface area contributed by atoms with Crippen molar-refractivity contribution in [3.63, 3.8) is 0 Å². The van der Waals surface area contributed by atoms with Crippen LogP contribution in [-0.2, 0) is 0 Å². The van der Waals surface area contributed by atoms with E-state index >= 15 is 0 Å². The maximum Gasteiger partial charge on any atom is 0.0254 e. The molecule has 0 radical (unpaired) electrons. The smallest absolute Gasteiger partial charge is 0.0254 e. The Balaban J connectivity index is 3.17. The van der Waals surface area contributed by atoms with Crippen molar-refractivity contribution in [2.24, 2.45) is 0 Å².